The van der Waals surface area contributed by atoms with E-state index in [-0.39, 0.29) is 6.54 Å². The number of likely N-dealkylation sites (tertiary alicyclic amines) is 1. The maximum Gasteiger partial charge on any atom is 0.317 e. The van der Waals surface area contributed by atoms with Gasteiger partial charge in [-0.05, 0) is 38.0 Å². The molecule has 2 saturated carbocycles. The number of rotatable bonds is 6. The van der Waals surface area contributed by atoms with Gasteiger partial charge in [0.25, 0.3) is 0 Å². The molecular weight excluding hydrogens is 216 g/mol. The van der Waals surface area contributed by atoms with Gasteiger partial charge in [0.2, 0.25) is 0 Å². The van der Waals surface area contributed by atoms with E-state index in [0.717, 1.165) is 31.5 Å². The van der Waals surface area contributed by atoms with Crippen LogP contribution in [0.1, 0.15) is 32.1 Å². The van der Waals surface area contributed by atoms with Crippen LogP contribution < -0.4 is 0 Å². The summed E-state index contributed by atoms with van der Waals surface area (Å²) in [5, 5.41) is 9.01. The van der Waals surface area contributed by atoms with Gasteiger partial charge in [0.05, 0.1) is 6.54 Å². The van der Waals surface area contributed by atoms with Crippen LogP contribution >= 0.6 is 0 Å². The minimum atomic E-state index is -0.671. The number of carbonyl (C=O) groups is 1. The lowest BCUT2D eigenvalue weighted by molar-refractivity contribution is -0.138. The van der Waals surface area contributed by atoms with Crippen LogP contribution in [0.25, 0.3) is 0 Å². The standard InChI is InChI=1S/C13H22N2O2/c16-13(17)9-15(7-10-1-2-10)12-5-6-14(8-12)11-3-4-11/h10-12H,1-9H2,(H,16,17). The summed E-state index contributed by atoms with van der Waals surface area (Å²) < 4.78 is 0. The smallest absolute Gasteiger partial charge is 0.317 e. The molecule has 3 aliphatic rings. The van der Waals surface area contributed by atoms with Crippen LogP contribution in [-0.2, 0) is 4.79 Å². The van der Waals surface area contributed by atoms with Crippen LogP contribution in [0.3, 0.4) is 0 Å². The van der Waals surface area contributed by atoms with E-state index in [1.165, 1.54) is 32.2 Å². The van der Waals surface area contributed by atoms with E-state index in [1.807, 2.05) is 0 Å². The zero-order valence-corrected chi connectivity index (χ0v) is 10.3. The molecular formula is C13H22N2O2. The fraction of sp³-hybridized carbons (Fsp3) is 0.923. The van der Waals surface area contributed by atoms with Crippen LogP contribution in [0.2, 0.25) is 0 Å². The molecule has 0 aromatic carbocycles. The Morgan fingerprint density at radius 2 is 2.00 bits per heavy atom. The molecule has 4 heteroatoms. The van der Waals surface area contributed by atoms with Gasteiger partial charge in [0, 0.05) is 31.7 Å². The highest BCUT2D eigenvalue weighted by Crippen LogP contribution is 2.34. The number of carboxylic acids is 1. The molecule has 1 saturated heterocycles. The average Bonchev–Trinajstić information content (AvgIpc) is 3.19. The predicted octanol–water partition coefficient (Wildman–Crippen LogP) is 1.02. The summed E-state index contributed by atoms with van der Waals surface area (Å²) in [7, 11) is 0. The van der Waals surface area contributed by atoms with Crippen molar-refractivity contribution in [3.05, 3.63) is 0 Å². The summed E-state index contributed by atoms with van der Waals surface area (Å²) in [5.41, 5.74) is 0. The second-order valence-electron chi connectivity index (χ2n) is 5.94. The van der Waals surface area contributed by atoms with Gasteiger partial charge in [-0.25, -0.2) is 0 Å². The van der Waals surface area contributed by atoms with Crippen molar-refractivity contribution in [3.63, 3.8) is 0 Å². The largest absolute Gasteiger partial charge is 0.480 e. The van der Waals surface area contributed by atoms with E-state index in [0.29, 0.717) is 6.04 Å². The lowest BCUT2D eigenvalue weighted by Gasteiger charge is -2.27. The lowest BCUT2D eigenvalue weighted by Crippen LogP contribution is -2.42. The highest BCUT2D eigenvalue weighted by Gasteiger charge is 2.38. The highest BCUT2D eigenvalue weighted by atomic mass is 16.4. The molecule has 2 aliphatic carbocycles. The van der Waals surface area contributed by atoms with Gasteiger partial charge in [-0.15, -0.1) is 0 Å². The highest BCUT2D eigenvalue weighted by molar-refractivity contribution is 5.69. The van der Waals surface area contributed by atoms with Crippen molar-refractivity contribution in [2.24, 2.45) is 5.92 Å². The summed E-state index contributed by atoms with van der Waals surface area (Å²) in [6, 6.07) is 1.32. The second-order valence-corrected chi connectivity index (χ2v) is 5.94. The molecule has 96 valence electrons. The van der Waals surface area contributed by atoms with Crippen molar-refractivity contribution in [3.8, 4) is 0 Å². The molecule has 0 bridgehead atoms. The third-order valence-electron chi connectivity index (χ3n) is 4.30. The van der Waals surface area contributed by atoms with Gasteiger partial charge >= 0.3 is 5.97 Å². The van der Waals surface area contributed by atoms with Crippen molar-refractivity contribution in [1.29, 1.82) is 0 Å². The molecule has 0 amide bonds. The quantitative estimate of drug-likeness (QED) is 0.750. The Bertz CT molecular complexity index is 300. The number of aliphatic carboxylic acids is 1. The summed E-state index contributed by atoms with van der Waals surface area (Å²) in [4.78, 5) is 15.7. The fourth-order valence-electron chi connectivity index (χ4n) is 2.99. The van der Waals surface area contributed by atoms with E-state index >= 15 is 0 Å². The molecule has 0 spiro atoms. The Kier molecular flexibility index (Phi) is 3.09. The number of hydrogen-bond donors (Lipinski definition) is 1. The molecule has 0 aromatic rings. The summed E-state index contributed by atoms with van der Waals surface area (Å²) in [6.07, 6.45) is 6.48. The van der Waals surface area contributed by atoms with Gasteiger partial charge in [0.1, 0.15) is 0 Å². The van der Waals surface area contributed by atoms with Crippen LogP contribution in [0.4, 0.5) is 0 Å². The maximum absolute atomic E-state index is 10.9. The van der Waals surface area contributed by atoms with E-state index in [4.69, 9.17) is 5.11 Å². The number of hydrogen-bond acceptors (Lipinski definition) is 3. The Morgan fingerprint density at radius 3 is 2.59 bits per heavy atom. The minimum absolute atomic E-state index is 0.236. The third-order valence-corrected chi connectivity index (χ3v) is 4.30. The molecule has 3 rings (SSSR count). The first kappa shape index (κ1) is 11.5. The molecule has 0 aromatic heterocycles. The summed E-state index contributed by atoms with van der Waals surface area (Å²) in [6.45, 7) is 3.52. The molecule has 1 unspecified atom stereocenters. The molecule has 17 heavy (non-hydrogen) atoms. The predicted molar refractivity (Wildman–Crippen MR) is 64.9 cm³/mol. The number of nitrogens with zero attached hydrogens (tertiary/aromatic N) is 2. The van der Waals surface area contributed by atoms with Crippen molar-refractivity contribution >= 4 is 5.97 Å². The normalized spacial score (nSPS) is 30.1. The number of carboxylic acid groups (broad SMARTS) is 1. The van der Waals surface area contributed by atoms with Crippen LogP contribution in [0.15, 0.2) is 0 Å². The average molecular weight is 238 g/mol. The Hall–Kier alpha value is -0.610. The Labute approximate surface area is 103 Å². The van der Waals surface area contributed by atoms with Crippen LogP contribution in [0.5, 0.6) is 0 Å². The van der Waals surface area contributed by atoms with Gasteiger partial charge in [0.15, 0.2) is 0 Å². The summed E-state index contributed by atoms with van der Waals surface area (Å²) >= 11 is 0. The van der Waals surface area contributed by atoms with Gasteiger partial charge in [-0.2, -0.15) is 0 Å². The second kappa shape index (κ2) is 4.58. The first-order chi connectivity index (χ1) is 8.22. The molecule has 4 nitrogen and oxygen atoms in total. The van der Waals surface area contributed by atoms with E-state index < -0.39 is 5.97 Å². The molecule has 0 radical (unpaired) electrons. The molecule has 1 aliphatic heterocycles. The lowest BCUT2D eigenvalue weighted by atomic mass is 10.2. The van der Waals surface area contributed by atoms with E-state index in [1.54, 1.807) is 0 Å². The molecule has 3 fully saturated rings. The monoisotopic (exact) mass is 238 g/mol. The topological polar surface area (TPSA) is 43.8 Å². The minimum Gasteiger partial charge on any atom is -0.480 e. The molecule has 1 heterocycles. The first-order valence-corrected chi connectivity index (χ1v) is 6.92. The van der Waals surface area contributed by atoms with Crippen LogP contribution in [0, 0.1) is 5.92 Å². The Morgan fingerprint density at radius 1 is 1.24 bits per heavy atom. The first-order valence-electron chi connectivity index (χ1n) is 6.92. The Balaban J connectivity index is 1.55. The molecule has 1 atom stereocenters. The van der Waals surface area contributed by atoms with Crippen molar-refractivity contribution in [1.82, 2.24) is 9.80 Å². The van der Waals surface area contributed by atoms with Gasteiger partial charge in [-0.1, -0.05) is 0 Å². The van der Waals surface area contributed by atoms with Crippen molar-refractivity contribution in [2.45, 2.75) is 44.2 Å². The van der Waals surface area contributed by atoms with Gasteiger partial charge < -0.3 is 5.11 Å². The molecule has 1 N–H and O–H groups in total. The van der Waals surface area contributed by atoms with Crippen molar-refractivity contribution in [2.75, 3.05) is 26.2 Å². The van der Waals surface area contributed by atoms with Gasteiger partial charge in [-0.3, -0.25) is 14.6 Å². The van der Waals surface area contributed by atoms with E-state index in [2.05, 4.69) is 9.80 Å². The third kappa shape index (κ3) is 2.99. The zero-order chi connectivity index (χ0) is 11.8. The summed E-state index contributed by atoms with van der Waals surface area (Å²) in [5.74, 6) is 0.111. The fourth-order valence-corrected chi connectivity index (χ4v) is 2.99. The SMILES string of the molecule is O=C(O)CN(CC1CC1)C1CCN(C2CC2)C1. The maximum atomic E-state index is 10.9. The van der Waals surface area contributed by atoms with Crippen LogP contribution in [-0.4, -0.2) is 59.1 Å². The van der Waals surface area contributed by atoms with E-state index in [9.17, 15) is 4.79 Å². The zero-order valence-electron chi connectivity index (χ0n) is 10.3. The van der Waals surface area contributed by atoms with Crippen molar-refractivity contribution < 1.29 is 9.90 Å².